The molecule has 0 unspecified atom stereocenters. The van der Waals surface area contributed by atoms with Crippen LogP contribution in [0.25, 0.3) is 5.57 Å². The molecule has 0 aromatic heterocycles. The molecular formula is C27H43O+. The zero-order valence-corrected chi connectivity index (χ0v) is 19.7. The molecule has 2 N–H and O–H groups in total. The van der Waals surface area contributed by atoms with Crippen LogP contribution in [0.15, 0.2) is 72.1 Å². The van der Waals surface area contributed by atoms with E-state index in [9.17, 15) is 0 Å². The Bertz CT molecular complexity index is 697. The van der Waals surface area contributed by atoms with Gasteiger partial charge in [0.25, 0.3) is 5.76 Å². The Morgan fingerprint density at radius 2 is 1.61 bits per heavy atom. The molecule has 0 aliphatic heterocycles. The largest absolute Gasteiger partial charge is 0.593 e. The van der Waals surface area contributed by atoms with Gasteiger partial charge in [0, 0.05) is 6.08 Å². The Balaban J connectivity index is 0. The van der Waals surface area contributed by atoms with E-state index in [1.54, 1.807) is 6.08 Å². The van der Waals surface area contributed by atoms with Crippen molar-refractivity contribution in [1.29, 1.82) is 0 Å². The zero-order valence-electron chi connectivity index (χ0n) is 19.7. The number of rotatable bonds is 7. The molecule has 0 aliphatic carbocycles. The van der Waals surface area contributed by atoms with Crippen molar-refractivity contribution in [2.24, 2.45) is 0 Å². The van der Waals surface area contributed by atoms with E-state index < -0.39 is 0 Å². The molecule has 1 aromatic carbocycles. The first kappa shape index (κ1) is 27.9. The van der Waals surface area contributed by atoms with E-state index in [2.05, 4.69) is 71.5 Å². The molecule has 0 spiro atoms. The van der Waals surface area contributed by atoms with Crippen molar-refractivity contribution in [3.8, 4) is 0 Å². The van der Waals surface area contributed by atoms with Crippen LogP contribution in [0.5, 0.6) is 0 Å². The minimum absolute atomic E-state index is 0.514. The lowest BCUT2D eigenvalue weighted by atomic mass is 9.98. The third-order valence-electron chi connectivity index (χ3n) is 4.13. The normalized spacial score (nSPS) is 12.5. The van der Waals surface area contributed by atoms with Gasteiger partial charge >= 0.3 is 0 Å². The van der Waals surface area contributed by atoms with E-state index in [0.29, 0.717) is 5.76 Å². The van der Waals surface area contributed by atoms with Gasteiger partial charge in [-0.1, -0.05) is 84.0 Å². The standard InChI is InChI=1S/C23H30O.2C2H6/c1-7-10-20(21-13-12-18(5)19(6)15-21)16-23(24)22(11-8-2)14-17(4)9-3;2*1-2/h8,10-16,24H,2,7,9H2,1,3-6H3;2*1-2H3/p+1/b17-14-,20-10+,22-11+,23-16-;;. The van der Waals surface area contributed by atoms with Crippen molar-refractivity contribution in [1.82, 2.24) is 0 Å². The van der Waals surface area contributed by atoms with E-state index in [1.165, 1.54) is 22.3 Å². The maximum atomic E-state index is 8.51. The number of hydrogen-bond acceptors (Lipinski definition) is 0. The number of benzene rings is 1. The number of aryl methyl sites for hydroxylation is 2. The van der Waals surface area contributed by atoms with Crippen LogP contribution in [0.1, 0.15) is 78.0 Å². The summed E-state index contributed by atoms with van der Waals surface area (Å²) in [6.45, 7) is 22.4. The van der Waals surface area contributed by atoms with Crippen LogP contribution < -0.4 is 0 Å². The van der Waals surface area contributed by atoms with Gasteiger partial charge < -0.3 is 5.11 Å². The summed E-state index contributed by atoms with van der Waals surface area (Å²) in [5, 5.41) is 8.51. The van der Waals surface area contributed by atoms with Crippen LogP contribution in [0.3, 0.4) is 0 Å². The summed E-state index contributed by atoms with van der Waals surface area (Å²) in [6.07, 6.45) is 11.8. The van der Waals surface area contributed by atoms with Gasteiger partial charge in [0.2, 0.25) is 0 Å². The van der Waals surface area contributed by atoms with Gasteiger partial charge in [-0.3, -0.25) is 0 Å². The SMILES string of the molecule is C=C/C=C(\C=C(\C)CC)C(/[OH2+])=C/C(=C\CC)c1ccc(C)c(C)c1.CC.CC. The molecule has 1 nitrogen and oxygen atoms in total. The van der Waals surface area contributed by atoms with Crippen LogP contribution in [0.4, 0.5) is 0 Å². The highest BCUT2D eigenvalue weighted by molar-refractivity contribution is 5.76. The van der Waals surface area contributed by atoms with Crippen LogP contribution in [-0.2, 0) is 0 Å². The molecule has 0 saturated carbocycles. The maximum absolute atomic E-state index is 8.51. The van der Waals surface area contributed by atoms with Gasteiger partial charge in [0.15, 0.2) is 0 Å². The highest BCUT2D eigenvalue weighted by Crippen LogP contribution is 2.23. The van der Waals surface area contributed by atoms with E-state index in [0.717, 1.165) is 24.0 Å². The lowest BCUT2D eigenvalue weighted by Crippen LogP contribution is -1.91. The third kappa shape index (κ3) is 10.2. The lowest BCUT2D eigenvalue weighted by molar-refractivity contribution is 0.427. The molecule has 0 aliphatic rings. The molecule has 0 fully saturated rings. The molecule has 156 valence electrons. The van der Waals surface area contributed by atoms with Crippen molar-refractivity contribution >= 4 is 5.57 Å². The molecule has 0 heterocycles. The fourth-order valence-corrected chi connectivity index (χ4v) is 2.35. The van der Waals surface area contributed by atoms with Gasteiger partial charge in [0.05, 0.1) is 5.57 Å². The van der Waals surface area contributed by atoms with Crippen molar-refractivity contribution in [3.63, 3.8) is 0 Å². The van der Waals surface area contributed by atoms with Gasteiger partial charge in [0.1, 0.15) is 0 Å². The van der Waals surface area contributed by atoms with Crippen LogP contribution in [-0.4, -0.2) is 5.11 Å². The zero-order chi connectivity index (χ0) is 22.1. The maximum Gasteiger partial charge on any atom is 0.261 e. The van der Waals surface area contributed by atoms with Crippen molar-refractivity contribution in [2.45, 2.75) is 75.2 Å². The molecule has 0 radical (unpaired) electrons. The average molecular weight is 384 g/mol. The smallest absolute Gasteiger partial charge is 0.261 e. The van der Waals surface area contributed by atoms with Gasteiger partial charge in [-0.05, 0) is 68.0 Å². The second kappa shape index (κ2) is 16.9. The predicted molar refractivity (Wildman–Crippen MR) is 131 cm³/mol. The molecule has 28 heavy (non-hydrogen) atoms. The number of hydrogen-bond donors (Lipinski definition) is 0. The number of allylic oxidation sites excluding steroid dienone is 7. The Morgan fingerprint density at radius 1 is 1.00 bits per heavy atom. The van der Waals surface area contributed by atoms with Crippen LogP contribution >= 0.6 is 0 Å². The van der Waals surface area contributed by atoms with Crippen LogP contribution in [0, 0.1) is 13.8 Å². The van der Waals surface area contributed by atoms with Crippen LogP contribution in [0.2, 0.25) is 0 Å². The predicted octanol–water partition coefficient (Wildman–Crippen LogP) is 8.23. The van der Waals surface area contributed by atoms with Gasteiger partial charge in [-0.2, -0.15) is 0 Å². The van der Waals surface area contributed by atoms with Crippen molar-refractivity contribution in [2.75, 3.05) is 0 Å². The van der Waals surface area contributed by atoms with Gasteiger partial charge in [-0.25, -0.2) is 0 Å². The fraction of sp³-hybridized carbons (Fsp3) is 0.407. The first-order valence-corrected chi connectivity index (χ1v) is 10.6. The Labute approximate surface area is 174 Å². The fourth-order valence-electron chi connectivity index (χ4n) is 2.35. The Hall–Kier alpha value is -2.28. The Morgan fingerprint density at radius 3 is 2.07 bits per heavy atom. The van der Waals surface area contributed by atoms with E-state index >= 15 is 0 Å². The average Bonchev–Trinajstić information content (AvgIpc) is 2.72. The summed E-state index contributed by atoms with van der Waals surface area (Å²) in [5.74, 6) is 0.514. The minimum Gasteiger partial charge on any atom is -0.593 e. The highest BCUT2D eigenvalue weighted by Gasteiger charge is 2.09. The summed E-state index contributed by atoms with van der Waals surface area (Å²) in [5.41, 5.74) is 6.99. The molecule has 0 amide bonds. The molecule has 0 atom stereocenters. The molecular weight excluding hydrogens is 340 g/mol. The summed E-state index contributed by atoms with van der Waals surface area (Å²) in [7, 11) is 0. The topological polar surface area (TPSA) is 22.9 Å². The first-order chi connectivity index (χ1) is 13.4. The van der Waals surface area contributed by atoms with E-state index in [1.807, 2.05) is 39.8 Å². The lowest BCUT2D eigenvalue weighted by Gasteiger charge is -2.07. The van der Waals surface area contributed by atoms with E-state index in [4.69, 9.17) is 5.11 Å². The first-order valence-electron chi connectivity index (χ1n) is 10.6. The quantitative estimate of drug-likeness (QED) is 0.257. The second-order valence-corrected chi connectivity index (χ2v) is 6.13. The third-order valence-corrected chi connectivity index (χ3v) is 4.13. The van der Waals surface area contributed by atoms with Gasteiger partial charge in [-0.15, -0.1) is 0 Å². The molecule has 0 bridgehead atoms. The summed E-state index contributed by atoms with van der Waals surface area (Å²) in [4.78, 5) is 0. The van der Waals surface area contributed by atoms with Crippen molar-refractivity contribution < 1.29 is 5.11 Å². The molecule has 1 rings (SSSR count). The summed E-state index contributed by atoms with van der Waals surface area (Å²) < 4.78 is 0. The summed E-state index contributed by atoms with van der Waals surface area (Å²) in [6, 6.07) is 6.48. The second-order valence-electron chi connectivity index (χ2n) is 6.13. The van der Waals surface area contributed by atoms with E-state index in [-0.39, 0.29) is 0 Å². The minimum atomic E-state index is 0.514. The molecule has 0 saturated heterocycles. The monoisotopic (exact) mass is 383 g/mol. The van der Waals surface area contributed by atoms with Crippen molar-refractivity contribution in [3.05, 3.63) is 88.8 Å². The summed E-state index contributed by atoms with van der Waals surface area (Å²) >= 11 is 0. The molecule has 1 aromatic rings. The Kier molecular flexibility index (Phi) is 16.8. The highest BCUT2D eigenvalue weighted by atomic mass is 16.3. The molecule has 1 heteroatoms.